The molecule has 4 nitrogen and oxygen atoms in total. The maximum absolute atomic E-state index is 11.2. The molecule has 0 heterocycles. The van der Waals surface area contributed by atoms with Crippen LogP contribution in [0.2, 0.25) is 0 Å². The van der Waals surface area contributed by atoms with Crippen molar-refractivity contribution in [1.29, 1.82) is 0 Å². The zero-order valence-electron chi connectivity index (χ0n) is 10.2. The van der Waals surface area contributed by atoms with Crippen molar-refractivity contribution in [2.24, 2.45) is 11.8 Å². The molecule has 16 heavy (non-hydrogen) atoms. The van der Waals surface area contributed by atoms with Gasteiger partial charge in [-0.25, -0.2) is 4.79 Å². The lowest BCUT2D eigenvalue weighted by atomic mass is 9.81. The second kappa shape index (κ2) is 7.49. The Morgan fingerprint density at radius 3 is 2.38 bits per heavy atom. The highest BCUT2D eigenvalue weighted by Gasteiger charge is 2.19. The van der Waals surface area contributed by atoms with Crippen molar-refractivity contribution >= 4 is 6.03 Å². The molecule has 1 aliphatic carbocycles. The lowest BCUT2D eigenvalue weighted by Gasteiger charge is -2.27. The number of hydrogen-bond donors (Lipinski definition) is 3. The van der Waals surface area contributed by atoms with E-state index in [4.69, 9.17) is 5.11 Å². The van der Waals surface area contributed by atoms with Gasteiger partial charge in [0.25, 0.3) is 0 Å². The van der Waals surface area contributed by atoms with Gasteiger partial charge in [-0.15, -0.1) is 0 Å². The highest BCUT2D eigenvalue weighted by Crippen LogP contribution is 2.29. The third kappa shape index (κ3) is 4.84. The molecule has 1 aliphatic rings. The largest absolute Gasteiger partial charge is 0.395 e. The minimum atomic E-state index is -0.160. The third-order valence-corrected chi connectivity index (χ3v) is 3.49. The summed E-state index contributed by atoms with van der Waals surface area (Å²) in [7, 11) is 0. The van der Waals surface area contributed by atoms with E-state index in [1.807, 2.05) is 0 Å². The van der Waals surface area contributed by atoms with Crippen molar-refractivity contribution in [1.82, 2.24) is 10.6 Å². The number of aliphatic hydroxyl groups excluding tert-OH is 1. The number of carbonyl (C=O) groups is 1. The van der Waals surface area contributed by atoms with Crippen LogP contribution in [0.5, 0.6) is 0 Å². The summed E-state index contributed by atoms with van der Waals surface area (Å²) in [6.07, 6.45) is 6.37. The van der Waals surface area contributed by atoms with E-state index < -0.39 is 0 Å². The Labute approximate surface area is 97.8 Å². The molecule has 1 fully saturated rings. The van der Waals surface area contributed by atoms with Crippen LogP contribution in [0.15, 0.2) is 0 Å². The van der Waals surface area contributed by atoms with Gasteiger partial charge >= 0.3 is 6.03 Å². The fourth-order valence-corrected chi connectivity index (χ4v) is 2.31. The summed E-state index contributed by atoms with van der Waals surface area (Å²) in [5, 5.41) is 14.0. The Balaban J connectivity index is 2.07. The molecule has 1 saturated carbocycles. The molecular formula is C12H24N2O2. The Kier molecular flexibility index (Phi) is 6.23. The standard InChI is InChI=1S/C12H24N2O2/c1-2-10-3-5-11(6-4-10)9-14-12(16)13-7-8-15/h10-11,15H,2-9H2,1H3,(H2,13,14,16). The van der Waals surface area contributed by atoms with Gasteiger partial charge < -0.3 is 15.7 Å². The van der Waals surface area contributed by atoms with E-state index in [0.29, 0.717) is 12.5 Å². The van der Waals surface area contributed by atoms with Gasteiger partial charge in [-0.05, 0) is 24.7 Å². The fraction of sp³-hybridized carbons (Fsp3) is 0.917. The SMILES string of the molecule is CCC1CCC(CNC(=O)NCCO)CC1. The summed E-state index contributed by atoms with van der Waals surface area (Å²) in [6, 6.07) is -0.160. The lowest BCUT2D eigenvalue weighted by molar-refractivity contribution is 0.225. The molecule has 0 aromatic heterocycles. The molecule has 0 radical (unpaired) electrons. The van der Waals surface area contributed by atoms with Crippen LogP contribution in [0.3, 0.4) is 0 Å². The van der Waals surface area contributed by atoms with Crippen molar-refractivity contribution in [3.8, 4) is 0 Å². The van der Waals surface area contributed by atoms with Gasteiger partial charge in [0.2, 0.25) is 0 Å². The Morgan fingerprint density at radius 2 is 1.81 bits per heavy atom. The first-order valence-electron chi connectivity index (χ1n) is 6.38. The van der Waals surface area contributed by atoms with Crippen LogP contribution < -0.4 is 10.6 Å². The molecule has 0 aliphatic heterocycles. The first-order chi connectivity index (χ1) is 7.76. The quantitative estimate of drug-likeness (QED) is 0.667. The van der Waals surface area contributed by atoms with Crippen molar-refractivity contribution in [2.75, 3.05) is 19.7 Å². The topological polar surface area (TPSA) is 61.4 Å². The number of amides is 2. The van der Waals surface area contributed by atoms with E-state index in [-0.39, 0.29) is 12.6 Å². The second-order valence-electron chi connectivity index (χ2n) is 4.66. The first kappa shape index (κ1) is 13.3. The molecule has 2 amide bonds. The van der Waals surface area contributed by atoms with E-state index in [2.05, 4.69) is 17.6 Å². The van der Waals surface area contributed by atoms with Crippen LogP contribution in [0.25, 0.3) is 0 Å². The predicted octanol–water partition coefficient (Wildman–Crippen LogP) is 1.49. The zero-order valence-corrected chi connectivity index (χ0v) is 10.2. The Morgan fingerprint density at radius 1 is 1.19 bits per heavy atom. The van der Waals surface area contributed by atoms with Crippen molar-refractivity contribution in [3.63, 3.8) is 0 Å². The van der Waals surface area contributed by atoms with E-state index in [1.54, 1.807) is 0 Å². The van der Waals surface area contributed by atoms with Gasteiger partial charge in [0.15, 0.2) is 0 Å². The number of hydrogen-bond acceptors (Lipinski definition) is 2. The first-order valence-corrected chi connectivity index (χ1v) is 6.38. The summed E-state index contributed by atoms with van der Waals surface area (Å²) >= 11 is 0. The summed E-state index contributed by atoms with van der Waals surface area (Å²) in [5.41, 5.74) is 0. The highest BCUT2D eigenvalue weighted by atomic mass is 16.3. The molecule has 1 rings (SSSR count). The van der Waals surface area contributed by atoms with Crippen LogP contribution in [0.4, 0.5) is 4.79 Å². The van der Waals surface area contributed by atoms with Crippen LogP contribution in [-0.4, -0.2) is 30.8 Å². The molecule has 94 valence electrons. The fourth-order valence-electron chi connectivity index (χ4n) is 2.31. The molecule has 0 aromatic rings. The lowest BCUT2D eigenvalue weighted by Crippen LogP contribution is -2.40. The minimum absolute atomic E-state index is 0.00493. The number of nitrogens with one attached hydrogen (secondary N) is 2. The molecule has 0 aromatic carbocycles. The van der Waals surface area contributed by atoms with Gasteiger partial charge in [-0.1, -0.05) is 26.2 Å². The normalized spacial score (nSPS) is 25.1. The molecule has 0 bridgehead atoms. The Hall–Kier alpha value is -0.770. The average molecular weight is 228 g/mol. The smallest absolute Gasteiger partial charge is 0.314 e. The van der Waals surface area contributed by atoms with Crippen LogP contribution in [0.1, 0.15) is 39.0 Å². The van der Waals surface area contributed by atoms with Crippen molar-refractivity contribution in [2.45, 2.75) is 39.0 Å². The van der Waals surface area contributed by atoms with Crippen LogP contribution >= 0.6 is 0 Å². The Bertz CT molecular complexity index is 201. The van der Waals surface area contributed by atoms with Gasteiger partial charge in [-0.2, -0.15) is 0 Å². The second-order valence-corrected chi connectivity index (χ2v) is 4.66. The maximum Gasteiger partial charge on any atom is 0.314 e. The summed E-state index contributed by atoms with van der Waals surface area (Å²) in [4.78, 5) is 11.2. The number of carbonyl (C=O) groups excluding carboxylic acids is 1. The van der Waals surface area contributed by atoms with Crippen molar-refractivity contribution < 1.29 is 9.90 Å². The van der Waals surface area contributed by atoms with Crippen LogP contribution in [-0.2, 0) is 0 Å². The third-order valence-electron chi connectivity index (χ3n) is 3.49. The highest BCUT2D eigenvalue weighted by molar-refractivity contribution is 5.73. The number of aliphatic hydroxyl groups is 1. The molecule has 0 saturated heterocycles. The summed E-state index contributed by atoms with van der Waals surface area (Å²) in [5.74, 6) is 1.54. The van der Waals surface area contributed by atoms with Crippen LogP contribution in [0, 0.1) is 11.8 Å². The van der Waals surface area contributed by atoms with E-state index in [0.717, 1.165) is 12.5 Å². The molecule has 4 heteroatoms. The van der Waals surface area contributed by atoms with Crippen molar-refractivity contribution in [3.05, 3.63) is 0 Å². The summed E-state index contributed by atoms with van der Waals surface area (Å²) in [6.45, 7) is 3.35. The van der Waals surface area contributed by atoms with E-state index >= 15 is 0 Å². The number of rotatable bonds is 5. The summed E-state index contributed by atoms with van der Waals surface area (Å²) < 4.78 is 0. The van der Waals surface area contributed by atoms with Gasteiger partial charge in [0, 0.05) is 13.1 Å². The van der Waals surface area contributed by atoms with E-state index in [1.165, 1.54) is 32.1 Å². The molecule has 0 unspecified atom stereocenters. The maximum atomic E-state index is 11.2. The molecule has 0 spiro atoms. The molecule has 0 atom stereocenters. The minimum Gasteiger partial charge on any atom is -0.395 e. The number of urea groups is 1. The average Bonchev–Trinajstić information content (AvgIpc) is 2.34. The predicted molar refractivity (Wildman–Crippen MR) is 64.2 cm³/mol. The van der Waals surface area contributed by atoms with E-state index in [9.17, 15) is 4.79 Å². The van der Waals surface area contributed by atoms with Gasteiger partial charge in [0.1, 0.15) is 0 Å². The molecule has 3 N–H and O–H groups in total. The molecular weight excluding hydrogens is 204 g/mol. The zero-order chi connectivity index (χ0) is 11.8. The van der Waals surface area contributed by atoms with Gasteiger partial charge in [0.05, 0.1) is 6.61 Å². The van der Waals surface area contributed by atoms with Gasteiger partial charge in [-0.3, -0.25) is 0 Å². The monoisotopic (exact) mass is 228 g/mol.